The fourth-order valence-electron chi connectivity index (χ4n) is 7.38. The minimum Gasteiger partial charge on any atom is -0.493 e. The van der Waals surface area contributed by atoms with Gasteiger partial charge in [0.25, 0.3) is 0 Å². The highest BCUT2D eigenvalue weighted by atomic mass is 32.2. The van der Waals surface area contributed by atoms with Crippen LogP contribution in [0.4, 0.5) is 0 Å². The highest BCUT2D eigenvalue weighted by Crippen LogP contribution is 2.35. The predicted molar refractivity (Wildman–Crippen MR) is 240 cm³/mol. The lowest BCUT2D eigenvalue weighted by atomic mass is 10.1. The Bertz CT molecular complexity index is 3240. The fraction of sp³-hybridized carbons (Fsp3) is 0.217. The van der Waals surface area contributed by atoms with E-state index in [1.165, 1.54) is 10.6 Å². The number of aromatic nitrogens is 6. The lowest BCUT2D eigenvalue weighted by Crippen LogP contribution is -2.41. The van der Waals surface area contributed by atoms with E-state index >= 15 is 0 Å². The summed E-state index contributed by atoms with van der Waals surface area (Å²) in [4.78, 5) is 9.78. The second-order valence-corrected chi connectivity index (χ2v) is 18.7. The number of methoxy groups -OCH3 is 4. The largest absolute Gasteiger partial charge is 0.493 e. The van der Waals surface area contributed by atoms with Crippen LogP contribution in [-0.4, -0.2) is 98.1 Å². The highest BCUT2D eigenvalue weighted by molar-refractivity contribution is 7.90. The number of nitrogens with zero attached hydrogens (tertiary/aromatic N) is 7. The zero-order valence-corrected chi connectivity index (χ0v) is 37.4. The minimum absolute atomic E-state index is 0.255. The first-order valence-electron chi connectivity index (χ1n) is 19.8. The second-order valence-electron chi connectivity index (χ2n) is 14.8. The van der Waals surface area contributed by atoms with Crippen LogP contribution in [0.25, 0.3) is 56.3 Å². The summed E-state index contributed by atoms with van der Waals surface area (Å²) < 4.78 is 75.8. The Balaban J connectivity index is 0.000000174. The van der Waals surface area contributed by atoms with Gasteiger partial charge in [-0.15, -0.1) is 0 Å². The van der Waals surface area contributed by atoms with E-state index in [2.05, 4.69) is 9.97 Å². The van der Waals surface area contributed by atoms with Crippen LogP contribution in [0.3, 0.4) is 0 Å². The van der Waals surface area contributed by atoms with Crippen LogP contribution in [0.1, 0.15) is 17.8 Å². The number of sulfone groups is 1. The monoisotopic (exact) mass is 887 g/mol. The molecular weight excluding hydrogens is 843 g/mol. The Hall–Kier alpha value is -6.82. The smallest absolute Gasteiger partial charge is 0.243 e. The Labute approximate surface area is 365 Å². The molecule has 8 aromatic rings. The van der Waals surface area contributed by atoms with Gasteiger partial charge >= 0.3 is 0 Å². The quantitative estimate of drug-likeness (QED) is 0.125. The van der Waals surface area contributed by atoms with Crippen molar-refractivity contribution in [1.29, 1.82) is 0 Å². The topological polar surface area (TPSA) is 169 Å². The van der Waals surface area contributed by atoms with Crippen molar-refractivity contribution in [2.75, 3.05) is 47.8 Å². The molecule has 0 unspecified atom stereocenters. The lowest BCUT2D eigenvalue weighted by Gasteiger charge is -2.29. The minimum atomic E-state index is -3.42. The van der Waals surface area contributed by atoms with Crippen molar-refractivity contribution < 1.29 is 35.8 Å². The summed E-state index contributed by atoms with van der Waals surface area (Å²) in [6.45, 7) is 4.97. The molecule has 0 amide bonds. The summed E-state index contributed by atoms with van der Waals surface area (Å²) in [7, 11) is -0.370. The number of sulfonamides is 1. The molecule has 0 radical (unpaired) electrons. The van der Waals surface area contributed by atoms with E-state index in [1.54, 1.807) is 67.8 Å². The first-order chi connectivity index (χ1) is 30.2. The van der Waals surface area contributed by atoms with Gasteiger partial charge in [0.15, 0.2) is 44.1 Å². The Kier molecular flexibility index (Phi) is 11.7. The number of fused-ring (bicyclic) bond motifs is 2. The summed E-state index contributed by atoms with van der Waals surface area (Å²) >= 11 is 0. The Morgan fingerprint density at radius 1 is 0.508 bits per heavy atom. The molecule has 324 valence electrons. The molecule has 0 spiro atoms. The van der Waals surface area contributed by atoms with E-state index in [0.717, 1.165) is 62.8 Å². The fourth-order valence-corrected chi connectivity index (χ4v) is 9.57. The van der Waals surface area contributed by atoms with E-state index in [1.807, 2.05) is 92.7 Å². The van der Waals surface area contributed by atoms with Gasteiger partial charge in [0.2, 0.25) is 10.0 Å². The van der Waals surface area contributed by atoms with Gasteiger partial charge in [-0.2, -0.15) is 14.5 Å². The Morgan fingerprint density at radius 3 is 1.43 bits per heavy atom. The number of rotatable bonds is 11. The average Bonchev–Trinajstić information content (AvgIpc) is 3.78. The molecule has 4 aromatic heterocycles. The maximum atomic E-state index is 12.7. The molecule has 4 aromatic carbocycles. The molecule has 0 bridgehead atoms. The molecule has 0 aliphatic carbocycles. The van der Waals surface area contributed by atoms with Crippen molar-refractivity contribution in [3.8, 4) is 68.0 Å². The number of aryl methyl sites for hydroxylation is 2. The molecule has 5 heterocycles. The number of ether oxygens (including phenoxy) is 4. The number of imidazole rings is 2. The third kappa shape index (κ3) is 8.29. The van der Waals surface area contributed by atoms with Crippen LogP contribution in [0.15, 0.2) is 119 Å². The van der Waals surface area contributed by atoms with Gasteiger partial charge in [-0.1, -0.05) is 24.3 Å². The molecule has 15 nitrogen and oxygen atoms in total. The van der Waals surface area contributed by atoms with Crippen LogP contribution in [-0.2, 0) is 19.9 Å². The predicted octanol–water partition coefficient (Wildman–Crippen LogP) is 7.58. The molecule has 0 N–H and O–H groups in total. The molecule has 1 fully saturated rings. The van der Waals surface area contributed by atoms with Gasteiger partial charge in [-0.25, -0.2) is 35.8 Å². The maximum absolute atomic E-state index is 12.7. The number of benzene rings is 4. The van der Waals surface area contributed by atoms with Crippen LogP contribution < -0.4 is 18.9 Å². The van der Waals surface area contributed by atoms with Gasteiger partial charge in [0, 0.05) is 41.6 Å². The van der Waals surface area contributed by atoms with Crippen molar-refractivity contribution in [2.45, 2.75) is 30.1 Å². The molecular formula is C46H45N7O8S2. The van der Waals surface area contributed by atoms with Gasteiger partial charge in [0.1, 0.15) is 0 Å². The van der Waals surface area contributed by atoms with Gasteiger partial charge < -0.3 is 18.9 Å². The van der Waals surface area contributed by atoms with Gasteiger partial charge in [-0.05, 0) is 105 Å². The average molecular weight is 888 g/mol. The van der Waals surface area contributed by atoms with Gasteiger partial charge in [-0.3, -0.25) is 0 Å². The zero-order valence-electron chi connectivity index (χ0n) is 35.7. The highest BCUT2D eigenvalue weighted by Gasteiger charge is 2.29. The SMILES string of the molecule is COc1ccc(-c2ccc3nc(C)c(-c4ccc(S(=O)(=O)N5CCC5)cc4)n3n2)cc1OC.COc1ccc(-c2ccc3nc(C)c(-c4cccc(S(C)(=O)=O)c4)n3n2)cc1OC. The number of hydrogen-bond acceptors (Lipinski definition) is 12. The third-order valence-corrected chi connectivity index (χ3v) is 13.8. The molecule has 0 saturated carbocycles. The van der Waals surface area contributed by atoms with Crippen LogP contribution in [0.5, 0.6) is 23.0 Å². The standard InChI is InChI=1S/C24H24N4O4S.C22H21N3O4S/c1-16-24(17-5-8-19(9-6-17)33(29,30)27-13-4-14-27)28-23(25-16)12-10-20(26-28)18-7-11-21(31-2)22(15-18)32-3;1-14-22(16-6-5-7-17(12-16)30(4,26)27)25-21(23-14)11-9-18(24-25)15-8-10-19(28-2)20(13-15)29-3/h5-12,15H,4,13-14H2,1-3H3;5-13H,1-4H3. The normalized spacial score (nSPS) is 13.0. The first kappa shape index (κ1) is 42.9. The Morgan fingerprint density at radius 2 is 0.984 bits per heavy atom. The number of hydrogen-bond donors (Lipinski definition) is 0. The maximum Gasteiger partial charge on any atom is 0.243 e. The third-order valence-electron chi connectivity index (χ3n) is 10.8. The molecule has 1 aliphatic heterocycles. The van der Waals surface area contributed by atoms with E-state index < -0.39 is 19.9 Å². The molecule has 9 rings (SSSR count). The summed E-state index contributed by atoms with van der Waals surface area (Å²) in [5, 5.41) is 9.60. The summed E-state index contributed by atoms with van der Waals surface area (Å²) in [6, 6.07) is 32.6. The first-order valence-corrected chi connectivity index (χ1v) is 23.2. The summed E-state index contributed by atoms with van der Waals surface area (Å²) in [5.41, 5.74) is 9.32. The summed E-state index contributed by atoms with van der Waals surface area (Å²) in [6.07, 6.45) is 2.10. The van der Waals surface area contributed by atoms with E-state index in [0.29, 0.717) is 52.3 Å². The van der Waals surface area contributed by atoms with Crippen molar-refractivity contribution in [2.24, 2.45) is 0 Å². The molecule has 1 aliphatic rings. The van der Waals surface area contributed by atoms with Crippen molar-refractivity contribution in [3.63, 3.8) is 0 Å². The van der Waals surface area contributed by atoms with E-state index in [-0.39, 0.29) is 4.90 Å². The second kappa shape index (κ2) is 17.2. The molecule has 1 saturated heterocycles. The van der Waals surface area contributed by atoms with E-state index in [9.17, 15) is 16.8 Å². The zero-order chi connectivity index (χ0) is 44.6. The van der Waals surface area contributed by atoms with Crippen LogP contribution in [0.2, 0.25) is 0 Å². The summed E-state index contributed by atoms with van der Waals surface area (Å²) in [5.74, 6) is 2.52. The van der Waals surface area contributed by atoms with Crippen LogP contribution in [0, 0.1) is 13.8 Å². The van der Waals surface area contributed by atoms with E-state index in [4.69, 9.17) is 29.1 Å². The van der Waals surface area contributed by atoms with Crippen molar-refractivity contribution in [3.05, 3.63) is 121 Å². The van der Waals surface area contributed by atoms with Crippen molar-refractivity contribution in [1.82, 2.24) is 33.5 Å². The lowest BCUT2D eigenvalue weighted by molar-refractivity contribution is 0.309. The molecule has 17 heteroatoms. The van der Waals surface area contributed by atoms with Gasteiger partial charge in [0.05, 0.1) is 72.4 Å². The van der Waals surface area contributed by atoms with Crippen molar-refractivity contribution >= 4 is 31.2 Å². The molecule has 0 atom stereocenters. The molecule has 63 heavy (non-hydrogen) atoms. The van der Waals surface area contributed by atoms with Crippen LogP contribution >= 0.6 is 0 Å².